The van der Waals surface area contributed by atoms with E-state index in [0.29, 0.717) is 36.8 Å². The van der Waals surface area contributed by atoms with Crippen molar-refractivity contribution >= 4 is 17.9 Å². The van der Waals surface area contributed by atoms with Gasteiger partial charge in [0.1, 0.15) is 18.5 Å². The lowest BCUT2D eigenvalue weighted by molar-refractivity contribution is -0.245. The number of phenolic OH excluding ortho intramolecular Hbond substituents is 1. The van der Waals surface area contributed by atoms with Crippen LogP contribution in [0.25, 0.3) is 0 Å². The van der Waals surface area contributed by atoms with Crippen molar-refractivity contribution in [2.24, 2.45) is 34.5 Å². The average Bonchev–Trinajstić information content (AvgIpc) is 3.51. The zero-order valence-electron chi connectivity index (χ0n) is 26.0. The molecule has 0 radical (unpaired) electrons. The summed E-state index contributed by atoms with van der Waals surface area (Å²) in [4.78, 5) is 36.6. The number of fused-ring (bicyclic) bond motifs is 5. The number of aliphatic hydroxyl groups is 2. The predicted octanol–water partition coefficient (Wildman–Crippen LogP) is 4.79. The monoisotopic (exact) mass is 610 g/mol. The molecule has 10 atom stereocenters. The van der Waals surface area contributed by atoms with Gasteiger partial charge in [-0.15, -0.1) is 0 Å². The number of aromatic hydroxyl groups is 1. The van der Waals surface area contributed by atoms with Crippen LogP contribution in [0.4, 0.5) is 0 Å². The van der Waals surface area contributed by atoms with E-state index >= 15 is 0 Å². The zero-order valence-corrected chi connectivity index (χ0v) is 26.0. The minimum Gasteiger partial charge on any atom is -0.508 e. The van der Waals surface area contributed by atoms with Crippen LogP contribution in [-0.4, -0.2) is 62.7 Å². The van der Waals surface area contributed by atoms with E-state index < -0.39 is 35.0 Å². The number of aryl methyl sites for hydroxylation is 1. The molecule has 0 spiro atoms. The molecule has 0 aromatic heterocycles. The van der Waals surface area contributed by atoms with E-state index in [1.165, 1.54) is 6.07 Å². The summed E-state index contributed by atoms with van der Waals surface area (Å²) in [5, 5.41) is 43.6. The second-order valence-electron chi connectivity index (χ2n) is 14.8. The summed E-state index contributed by atoms with van der Waals surface area (Å²) >= 11 is 0. The van der Waals surface area contributed by atoms with Crippen molar-refractivity contribution in [1.82, 2.24) is 0 Å². The summed E-state index contributed by atoms with van der Waals surface area (Å²) in [7, 11) is 0. The van der Waals surface area contributed by atoms with Gasteiger partial charge in [-0.05, 0) is 110 Å². The quantitative estimate of drug-likeness (QED) is 0.320. The van der Waals surface area contributed by atoms with Gasteiger partial charge in [-0.3, -0.25) is 9.59 Å². The number of benzene rings is 1. The molecule has 1 aromatic rings. The van der Waals surface area contributed by atoms with Crippen LogP contribution in [-0.2, 0) is 23.9 Å². The van der Waals surface area contributed by atoms with E-state index in [4.69, 9.17) is 9.47 Å². The Morgan fingerprint density at radius 2 is 1.84 bits per heavy atom. The fraction of sp³-hybridized carbons (Fsp3) is 0.686. The fourth-order valence-electron chi connectivity index (χ4n) is 10.3. The molecule has 0 amide bonds. The van der Waals surface area contributed by atoms with E-state index in [1.807, 2.05) is 6.92 Å². The first-order valence-corrected chi connectivity index (χ1v) is 16.2. The van der Waals surface area contributed by atoms with E-state index in [2.05, 4.69) is 6.92 Å². The van der Waals surface area contributed by atoms with Gasteiger partial charge in [0.05, 0.1) is 24.5 Å². The van der Waals surface area contributed by atoms with Crippen molar-refractivity contribution in [3.63, 3.8) is 0 Å². The number of aliphatic hydroxyl groups excluding tert-OH is 1. The molecule has 1 aliphatic heterocycles. The highest BCUT2D eigenvalue weighted by atomic mass is 16.5. The van der Waals surface area contributed by atoms with Crippen LogP contribution in [0, 0.1) is 41.4 Å². The Morgan fingerprint density at radius 3 is 2.52 bits per heavy atom. The number of rotatable bonds is 7. The Labute approximate surface area is 258 Å². The third kappa shape index (κ3) is 4.95. The number of esters is 2. The lowest BCUT2D eigenvalue weighted by Crippen LogP contribution is -2.67. The largest absolute Gasteiger partial charge is 0.508 e. The summed E-state index contributed by atoms with van der Waals surface area (Å²) in [6.45, 7) is 6.28. The van der Waals surface area contributed by atoms with Gasteiger partial charge in [0.2, 0.25) is 0 Å². The second-order valence-corrected chi connectivity index (χ2v) is 14.8. The molecule has 1 aromatic carbocycles. The van der Waals surface area contributed by atoms with Gasteiger partial charge in [-0.25, -0.2) is 4.79 Å². The van der Waals surface area contributed by atoms with Gasteiger partial charge >= 0.3 is 17.9 Å². The maximum atomic E-state index is 13.1. The molecule has 1 unspecified atom stereocenters. The topological polar surface area (TPSA) is 151 Å². The minimum absolute atomic E-state index is 0.0467. The molecular weight excluding hydrogens is 564 g/mol. The van der Waals surface area contributed by atoms with Gasteiger partial charge in [-0.2, -0.15) is 0 Å². The highest BCUT2D eigenvalue weighted by molar-refractivity contribution is 5.85. The highest BCUT2D eigenvalue weighted by Crippen LogP contribution is 2.70. The SMILES string of the molecule is Cc1cc(C(CC(=O)O)CC(=O)O[C@H]2CC[C@@]3(C)[C@H](CC[C@@H]4[C@@H]3C[C@@H](O)[C@]3(C)[C@@H](C5=CC(=O)OC5)CC[C@]43O)C2)ccc1O. The number of ether oxygens (including phenoxy) is 2. The Kier molecular flexibility index (Phi) is 7.88. The number of carbonyl (C=O) groups is 3. The average molecular weight is 611 g/mol. The standard InChI is InChI=1S/C35H46O9/c1-19-12-20(4-7-28(19)36)21(13-30(38)39)14-32(41)44-24-8-10-33(2)23(16-24)5-6-26-27(33)17-29(37)34(3)25(9-11-35(26,34)42)22-15-31(40)43-18-22/h4,7,12,15,21,23-27,29,36-37,42H,5-6,8-11,13-14,16-18H2,1-3H3,(H,38,39)/t21?,23-,24+,25-,26-,27+,29-,33+,34+,35+/m1/s1. The molecule has 4 fully saturated rings. The molecule has 4 saturated carbocycles. The lowest BCUT2D eigenvalue weighted by Gasteiger charge is -2.65. The number of carboxylic acid groups (broad SMARTS) is 1. The van der Waals surface area contributed by atoms with Gasteiger partial charge < -0.3 is 29.9 Å². The molecule has 9 nitrogen and oxygen atoms in total. The number of carbonyl (C=O) groups excluding carboxylic acids is 2. The summed E-state index contributed by atoms with van der Waals surface area (Å²) in [5.41, 5.74) is 0.316. The van der Waals surface area contributed by atoms with Gasteiger partial charge in [0, 0.05) is 17.4 Å². The smallest absolute Gasteiger partial charge is 0.331 e. The first-order chi connectivity index (χ1) is 20.8. The van der Waals surface area contributed by atoms with E-state index in [-0.39, 0.29) is 66.4 Å². The molecule has 1 heterocycles. The number of hydrogen-bond donors (Lipinski definition) is 4. The summed E-state index contributed by atoms with van der Waals surface area (Å²) in [5.74, 6) is -1.81. The number of aliphatic carboxylic acids is 1. The summed E-state index contributed by atoms with van der Waals surface area (Å²) < 4.78 is 11.2. The number of phenols is 1. The van der Waals surface area contributed by atoms with Crippen LogP contribution in [0.5, 0.6) is 5.75 Å². The van der Waals surface area contributed by atoms with E-state index in [9.17, 15) is 34.8 Å². The van der Waals surface area contributed by atoms with Crippen molar-refractivity contribution < 1.29 is 44.3 Å². The fourth-order valence-corrected chi connectivity index (χ4v) is 10.3. The van der Waals surface area contributed by atoms with Crippen molar-refractivity contribution in [2.75, 3.05) is 6.61 Å². The van der Waals surface area contributed by atoms with Gasteiger partial charge in [0.15, 0.2) is 0 Å². The van der Waals surface area contributed by atoms with E-state index in [0.717, 1.165) is 31.3 Å². The molecule has 240 valence electrons. The molecule has 5 aliphatic rings. The molecule has 4 aliphatic carbocycles. The third-order valence-corrected chi connectivity index (χ3v) is 12.9. The van der Waals surface area contributed by atoms with E-state index in [1.54, 1.807) is 25.1 Å². The maximum absolute atomic E-state index is 13.1. The second kappa shape index (κ2) is 11.2. The minimum atomic E-state index is -1.03. The first kappa shape index (κ1) is 31.1. The molecule has 44 heavy (non-hydrogen) atoms. The van der Waals surface area contributed by atoms with Crippen LogP contribution < -0.4 is 0 Å². The third-order valence-electron chi connectivity index (χ3n) is 12.9. The number of hydrogen-bond acceptors (Lipinski definition) is 8. The van der Waals surface area contributed by atoms with Gasteiger partial charge in [0.25, 0.3) is 0 Å². The predicted molar refractivity (Wildman–Crippen MR) is 159 cm³/mol. The number of cyclic esters (lactones) is 1. The molecule has 0 bridgehead atoms. The Morgan fingerprint density at radius 1 is 1.07 bits per heavy atom. The number of carboxylic acids is 1. The van der Waals surface area contributed by atoms with Crippen molar-refractivity contribution in [3.05, 3.63) is 41.0 Å². The highest BCUT2D eigenvalue weighted by Gasteiger charge is 2.70. The van der Waals surface area contributed by atoms with Crippen molar-refractivity contribution in [2.45, 2.75) is 109 Å². The first-order valence-electron chi connectivity index (χ1n) is 16.2. The van der Waals surface area contributed by atoms with Gasteiger partial charge in [-0.1, -0.05) is 26.0 Å². The van der Waals surface area contributed by atoms with Crippen LogP contribution >= 0.6 is 0 Å². The zero-order chi connectivity index (χ0) is 31.6. The Balaban J connectivity index is 1.14. The molecule has 6 rings (SSSR count). The van der Waals surface area contributed by atoms with Crippen LogP contribution in [0.15, 0.2) is 29.8 Å². The molecule has 4 N–H and O–H groups in total. The van der Waals surface area contributed by atoms with Crippen LogP contribution in [0.3, 0.4) is 0 Å². The molecular formula is C35H46O9. The summed E-state index contributed by atoms with van der Waals surface area (Å²) in [6.07, 6.45) is 6.21. The summed E-state index contributed by atoms with van der Waals surface area (Å²) in [6, 6.07) is 4.91. The van der Waals surface area contributed by atoms with Crippen molar-refractivity contribution in [1.29, 1.82) is 0 Å². The molecule has 9 heteroatoms. The van der Waals surface area contributed by atoms with Crippen molar-refractivity contribution in [3.8, 4) is 5.75 Å². The molecule has 0 saturated heterocycles. The normalized spacial score (nSPS) is 40.2. The Bertz CT molecular complexity index is 1370. The van der Waals surface area contributed by atoms with Crippen LogP contribution in [0.2, 0.25) is 0 Å². The lowest BCUT2D eigenvalue weighted by atomic mass is 9.42. The maximum Gasteiger partial charge on any atom is 0.331 e. The Hall–Kier alpha value is -2.91. The van der Waals surface area contributed by atoms with Crippen LogP contribution in [0.1, 0.15) is 95.1 Å².